The normalized spacial score (nSPS) is 10.2. The molecule has 0 bridgehead atoms. The van der Waals surface area contributed by atoms with Gasteiger partial charge in [-0.3, -0.25) is 4.79 Å². The molecule has 0 aliphatic rings. The minimum absolute atomic E-state index is 0.0333. The van der Waals surface area contributed by atoms with E-state index in [2.05, 4.69) is 10.3 Å². The smallest absolute Gasteiger partial charge is 0.251 e. The van der Waals surface area contributed by atoms with E-state index in [0.717, 1.165) is 0 Å². The zero-order valence-corrected chi connectivity index (χ0v) is 10.4. The van der Waals surface area contributed by atoms with Gasteiger partial charge in [0.1, 0.15) is 5.82 Å². The number of hydrogen-bond donors (Lipinski definition) is 3. The lowest BCUT2D eigenvalue weighted by atomic mass is 10.2. The number of pyridine rings is 1. The summed E-state index contributed by atoms with van der Waals surface area (Å²) in [5, 5.41) is 2.68. The van der Waals surface area contributed by atoms with Crippen molar-refractivity contribution < 1.29 is 9.18 Å². The van der Waals surface area contributed by atoms with Crippen LogP contribution in [0.3, 0.4) is 0 Å². The lowest BCUT2D eigenvalue weighted by molar-refractivity contribution is 0.100. The van der Waals surface area contributed by atoms with Crippen LogP contribution in [0.1, 0.15) is 10.4 Å². The molecule has 5 nitrogen and oxygen atoms in total. The van der Waals surface area contributed by atoms with E-state index in [-0.39, 0.29) is 27.8 Å². The first-order valence-corrected chi connectivity index (χ1v) is 5.63. The molecule has 5 N–H and O–H groups in total. The Morgan fingerprint density at radius 2 is 2.11 bits per heavy atom. The predicted octanol–water partition coefficient (Wildman–Crippen LogP) is 2.30. The predicted molar refractivity (Wildman–Crippen MR) is 71.9 cm³/mol. The van der Waals surface area contributed by atoms with Crippen molar-refractivity contribution in [2.24, 2.45) is 5.73 Å². The highest BCUT2D eigenvalue weighted by atomic mass is 35.5. The van der Waals surface area contributed by atoms with Crippen LogP contribution in [0.15, 0.2) is 30.5 Å². The maximum absolute atomic E-state index is 13.7. The van der Waals surface area contributed by atoms with Crippen molar-refractivity contribution in [3.63, 3.8) is 0 Å². The summed E-state index contributed by atoms with van der Waals surface area (Å²) in [5.41, 5.74) is 11.2. The molecular formula is C12H10ClFN4O. The molecule has 0 aliphatic carbocycles. The Morgan fingerprint density at radius 3 is 2.79 bits per heavy atom. The van der Waals surface area contributed by atoms with Gasteiger partial charge >= 0.3 is 0 Å². The van der Waals surface area contributed by atoms with E-state index in [0.29, 0.717) is 0 Å². The van der Waals surface area contributed by atoms with Crippen molar-refractivity contribution >= 4 is 34.7 Å². The molecule has 0 saturated carbocycles. The molecule has 0 fully saturated rings. The zero-order chi connectivity index (χ0) is 14.0. The quantitative estimate of drug-likeness (QED) is 0.804. The number of nitrogens with two attached hydrogens (primary N) is 2. The number of amides is 1. The van der Waals surface area contributed by atoms with Gasteiger partial charge in [0.25, 0.3) is 5.91 Å². The van der Waals surface area contributed by atoms with Crippen molar-refractivity contribution in [1.82, 2.24) is 4.98 Å². The highest BCUT2D eigenvalue weighted by molar-refractivity contribution is 6.31. The molecule has 1 amide bonds. The first kappa shape index (κ1) is 13.1. The average molecular weight is 281 g/mol. The first-order chi connectivity index (χ1) is 8.99. The summed E-state index contributed by atoms with van der Waals surface area (Å²) in [5.74, 6) is -1.18. The molecule has 1 aromatic carbocycles. The molecule has 1 aromatic heterocycles. The van der Waals surface area contributed by atoms with Crippen LogP contribution in [0.2, 0.25) is 5.02 Å². The van der Waals surface area contributed by atoms with Gasteiger partial charge in [-0.2, -0.15) is 0 Å². The topological polar surface area (TPSA) is 94.0 Å². The Labute approximate surface area is 113 Å². The maximum Gasteiger partial charge on any atom is 0.251 e. The summed E-state index contributed by atoms with van der Waals surface area (Å²) in [6.07, 6.45) is 1.30. The van der Waals surface area contributed by atoms with Crippen LogP contribution in [0, 0.1) is 5.82 Å². The third kappa shape index (κ3) is 2.74. The van der Waals surface area contributed by atoms with Crippen LogP contribution < -0.4 is 16.8 Å². The summed E-state index contributed by atoms with van der Waals surface area (Å²) < 4.78 is 13.7. The Kier molecular flexibility index (Phi) is 3.52. The van der Waals surface area contributed by atoms with E-state index in [1.165, 1.54) is 24.4 Å². The summed E-state index contributed by atoms with van der Waals surface area (Å²) in [4.78, 5) is 15.1. The number of rotatable bonds is 3. The Bertz CT molecular complexity index is 648. The Hall–Kier alpha value is -2.34. The van der Waals surface area contributed by atoms with Crippen LogP contribution in [-0.2, 0) is 0 Å². The third-order valence-electron chi connectivity index (χ3n) is 2.41. The Morgan fingerprint density at radius 1 is 1.37 bits per heavy atom. The van der Waals surface area contributed by atoms with Crippen LogP contribution in [0.25, 0.3) is 0 Å². The van der Waals surface area contributed by atoms with E-state index in [9.17, 15) is 9.18 Å². The van der Waals surface area contributed by atoms with E-state index in [4.69, 9.17) is 23.1 Å². The SMILES string of the molecule is NC(=O)c1cc(N)ncc1Nc1cccc(Cl)c1F. The van der Waals surface area contributed by atoms with Gasteiger partial charge in [-0.15, -0.1) is 0 Å². The molecule has 98 valence electrons. The number of carbonyl (C=O) groups excluding carboxylic acids is 1. The van der Waals surface area contributed by atoms with E-state index in [1.54, 1.807) is 6.07 Å². The molecule has 0 atom stereocenters. The lowest BCUT2D eigenvalue weighted by Gasteiger charge is -2.11. The van der Waals surface area contributed by atoms with Gasteiger partial charge in [0.15, 0.2) is 5.82 Å². The van der Waals surface area contributed by atoms with Crippen molar-refractivity contribution in [3.8, 4) is 0 Å². The van der Waals surface area contributed by atoms with Gasteiger partial charge in [-0.25, -0.2) is 9.37 Å². The van der Waals surface area contributed by atoms with Gasteiger partial charge in [-0.1, -0.05) is 17.7 Å². The Balaban J connectivity index is 2.44. The van der Waals surface area contributed by atoms with Crippen LogP contribution >= 0.6 is 11.6 Å². The number of benzene rings is 1. The molecule has 19 heavy (non-hydrogen) atoms. The second kappa shape index (κ2) is 5.11. The van der Waals surface area contributed by atoms with E-state index in [1.807, 2.05) is 0 Å². The second-order valence-electron chi connectivity index (χ2n) is 3.75. The second-order valence-corrected chi connectivity index (χ2v) is 4.15. The summed E-state index contributed by atoms with van der Waals surface area (Å²) in [6.45, 7) is 0. The molecular weight excluding hydrogens is 271 g/mol. The zero-order valence-electron chi connectivity index (χ0n) is 9.65. The molecule has 2 aromatic rings. The number of nitrogens with zero attached hydrogens (tertiary/aromatic N) is 1. The molecule has 0 unspecified atom stereocenters. The van der Waals surface area contributed by atoms with Crippen molar-refractivity contribution in [2.75, 3.05) is 11.1 Å². The van der Waals surface area contributed by atoms with Gasteiger partial charge in [-0.05, 0) is 18.2 Å². The fraction of sp³-hybridized carbons (Fsp3) is 0. The number of primary amides is 1. The highest BCUT2D eigenvalue weighted by Crippen LogP contribution is 2.27. The average Bonchev–Trinajstić information content (AvgIpc) is 2.36. The number of anilines is 3. The van der Waals surface area contributed by atoms with E-state index >= 15 is 0 Å². The van der Waals surface area contributed by atoms with Crippen molar-refractivity contribution in [2.45, 2.75) is 0 Å². The van der Waals surface area contributed by atoms with Gasteiger partial charge in [0, 0.05) is 0 Å². The van der Waals surface area contributed by atoms with Gasteiger partial charge in [0.05, 0.1) is 28.2 Å². The number of aromatic nitrogens is 1. The largest absolute Gasteiger partial charge is 0.384 e. The van der Waals surface area contributed by atoms with Crippen LogP contribution in [0.5, 0.6) is 0 Å². The molecule has 2 rings (SSSR count). The molecule has 0 spiro atoms. The molecule has 7 heteroatoms. The maximum atomic E-state index is 13.7. The van der Waals surface area contributed by atoms with Gasteiger partial charge < -0.3 is 16.8 Å². The minimum Gasteiger partial charge on any atom is -0.384 e. The fourth-order valence-corrected chi connectivity index (χ4v) is 1.69. The summed E-state index contributed by atoms with van der Waals surface area (Å²) in [7, 11) is 0. The van der Waals surface area contributed by atoms with Crippen LogP contribution in [0.4, 0.5) is 21.6 Å². The molecule has 0 saturated heterocycles. The monoisotopic (exact) mass is 280 g/mol. The summed E-state index contributed by atoms with van der Waals surface area (Å²) >= 11 is 5.67. The minimum atomic E-state index is -0.695. The number of halogens is 2. The molecule has 0 aliphatic heterocycles. The third-order valence-corrected chi connectivity index (χ3v) is 2.70. The standard InChI is InChI=1S/C12H10ClFN4O/c13-7-2-1-3-8(11(7)14)18-9-5-17-10(15)4-6(9)12(16)19/h1-5,18H,(H2,15,17)(H2,16,19). The van der Waals surface area contributed by atoms with Gasteiger partial charge in [0.2, 0.25) is 0 Å². The lowest BCUT2D eigenvalue weighted by Crippen LogP contribution is -2.14. The molecule has 0 radical (unpaired) electrons. The number of nitrogens with one attached hydrogen (secondary N) is 1. The van der Waals surface area contributed by atoms with Crippen molar-refractivity contribution in [1.29, 1.82) is 0 Å². The number of nitrogen functional groups attached to an aromatic ring is 1. The first-order valence-electron chi connectivity index (χ1n) is 5.25. The van der Waals surface area contributed by atoms with E-state index < -0.39 is 11.7 Å². The number of hydrogen-bond acceptors (Lipinski definition) is 4. The number of carbonyl (C=O) groups is 1. The van der Waals surface area contributed by atoms with Crippen molar-refractivity contribution in [3.05, 3.63) is 46.9 Å². The molecule has 1 heterocycles. The highest BCUT2D eigenvalue weighted by Gasteiger charge is 2.12. The summed E-state index contributed by atoms with van der Waals surface area (Å²) in [6, 6.07) is 5.77. The fourth-order valence-electron chi connectivity index (χ4n) is 1.52. The van der Waals surface area contributed by atoms with Crippen LogP contribution in [-0.4, -0.2) is 10.9 Å².